The van der Waals surface area contributed by atoms with Gasteiger partial charge in [0.15, 0.2) is 0 Å². The molecular weight excluding hydrogens is 244 g/mol. The molecule has 0 amide bonds. The minimum atomic E-state index is -0.359. The van der Waals surface area contributed by atoms with Crippen LogP contribution < -0.4 is 4.74 Å². The highest BCUT2D eigenvalue weighted by atomic mass is 79.9. The lowest BCUT2D eigenvalue weighted by molar-refractivity contribution is 0.164. The van der Waals surface area contributed by atoms with E-state index >= 15 is 0 Å². The van der Waals surface area contributed by atoms with Crippen molar-refractivity contribution < 1.29 is 9.84 Å². The van der Waals surface area contributed by atoms with Crippen LogP contribution in [0, 0.1) is 0 Å². The number of hydrogen-bond donors (Lipinski definition) is 1. The van der Waals surface area contributed by atoms with Gasteiger partial charge >= 0.3 is 0 Å². The summed E-state index contributed by atoms with van der Waals surface area (Å²) >= 11 is 3.41. The second-order valence-electron chi connectivity index (χ2n) is 3.27. The number of halogens is 1. The quantitative estimate of drug-likeness (QED) is 0.823. The molecule has 1 aromatic rings. The molecule has 1 aliphatic carbocycles. The minimum absolute atomic E-state index is 0.0105. The molecule has 2 nitrogen and oxygen atoms in total. The second-order valence-corrected chi connectivity index (χ2v) is 4.13. The van der Waals surface area contributed by atoms with Crippen LogP contribution in [0.3, 0.4) is 0 Å². The number of para-hydroxylation sites is 1. The first kappa shape index (κ1) is 9.74. The van der Waals surface area contributed by atoms with Gasteiger partial charge in [-0.3, -0.25) is 0 Å². The third-order valence-electron chi connectivity index (χ3n) is 2.14. The van der Waals surface area contributed by atoms with Gasteiger partial charge in [-0.05, 0) is 34.1 Å². The van der Waals surface area contributed by atoms with Crippen LogP contribution in [0.15, 0.2) is 40.9 Å². The molecule has 0 saturated carbocycles. The van der Waals surface area contributed by atoms with Gasteiger partial charge in [-0.2, -0.15) is 0 Å². The Morgan fingerprint density at radius 3 is 2.71 bits per heavy atom. The molecule has 1 aromatic carbocycles. The molecule has 0 bridgehead atoms. The van der Waals surface area contributed by atoms with Crippen molar-refractivity contribution in [1.82, 2.24) is 0 Å². The topological polar surface area (TPSA) is 29.5 Å². The van der Waals surface area contributed by atoms with Crippen LogP contribution in [-0.2, 0) is 0 Å². The van der Waals surface area contributed by atoms with Gasteiger partial charge in [0.25, 0.3) is 0 Å². The molecule has 3 heteroatoms. The summed E-state index contributed by atoms with van der Waals surface area (Å²) in [6.07, 6.45) is 3.93. The smallest absolute Gasteiger partial charge is 0.134 e. The average molecular weight is 255 g/mol. The van der Waals surface area contributed by atoms with Crippen molar-refractivity contribution in [2.75, 3.05) is 0 Å². The van der Waals surface area contributed by atoms with Gasteiger partial charge in [-0.1, -0.05) is 18.2 Å². The highest BCUT2D eigenvalue weighted by Gasteiger charge is 2.18. The summed E-state index contributed by atoms with van der Waals surface area (Å²) in [4.78, 5) is 0. The van der Waals surface area contributed by atoms with Crippen molar-refractivity contribution in [3.8, 4) is 5.75 Å². The van der Waals surface area contributed by atoms with E-state index in [1.165, 1.54) is 0 Å². The fourth-order valence-electron chi connectivity index (χ4n) is 1.44. The summed E-state index contributed by atoms with van der Waals surface area (Å²) in [5.41, 5.74) is 0. The Hall–Kier alpha value is -0.800. The van der Waals surface area contributed by atoms with Crippen molar-refractivity contribution in [2.24, 2.45) is 0 Å². The van der Waals surface area contributed by atoms with Crippen molar-refractivity contribution in [3.63, 3.8) is 0 Å². The van der Waals surface area contributed by atoms with Crippen LogP contribution in [0.5, 0.6) is 5.75 Å². The van der Waals surface area contributed by atoms with Gasteiger partial charge in [0.05, 0.1) is 10.6 Å². The molecule has 0 heterocycles. The van der Waals surface area contributed by atoms with Crippen molar-refractivity contribution in [2.45, 2.75) is 18.6 Å². The maximum absolute atomic E-state index is 9.27. The maximum Gasteiger partial charge on any atom is 0.134 e. The Morgan fingerprint density at radius 2 is 2.07 bits per heavy atom. The van der Waals surface area contributed by atoms with Crippen LogP contribution in [0.4, 0.5) is 0 Å². The predicted molar refractivity (Wildman–Crippen MR) is 58.3 cm³/mol. The standard InChI is InChI=1S/C11H11BrO2/c12-10-3-1-2-4-11(10)14-9-6-5-8(13)7-9/h1-6,8-9,13H,7H2. The first-order valence-electron chi connectivity index (χ1n) is 4.53. The van der Waals surface area contributed by atoms with Gasteiger partial charge in [-0.15, -0.1) is 0 Å². The largest absolute Gasteiger partial charge is 0.485 e. The van der Waals surface area contributed by atoms with Gasteiger partial charge in [0.2, 0.25) is 0 Å². The Kier molecular flexibility index (Phi) is 2.89. The molecule has 74 valence electrons. The fourth-order valence-corrected chi connectivity index (χ4v) is 1.82. The lowest BCUT2D eigenvalue weighted by atomic mass is 10.3. The summed E-state index contributed by atoms with van der Waals surface area (Å²) in [5, 5.41) is 9.27. The van der Waals surface area contributed by atoms with Crippen molar-refractivity contribution >= 4 is 15.9 Å². The first-order chi connectivity index (χ1) is 6.75. The minimum Gasteiger partial charge on any atom is -0.485 e. The number of ether oxygens (including phenoxy) is 1. The number of aliphatic hydroxyl groups is 1. The average Bonchev–Trinajstić information content (AvgIpc) is 2.56. The summed E-state index contributed by atoms with van der Waals surface area (Å²) in [6, 6.07) is 7.71. The number of hydrogen-bond acceptors (Lipinski definition) is 2. The second kappa shape index (κ2) is 4.15. The maximum atomic E-state index is 9.27. The van der Waals surface area contributed by atoms with E-state index in [4.69, 9.17) is 4.74 Å². The van der Waals surface area contributed by atoms with E-state index in [0.717, 1.165) is 10.2 Å². The molecule has 2 rings (SSSR count). The lowest BCUT2D eigenvalue weighted by Crippen LogP contribution is -2.14. The SMILES string of the molecule is OC1C=CC(Oc2ccccc2Br)C1. The molecule has 1 aliphatic rings. The summed E-state index contributed by atoms with van der Waals surface area (Å²) in [6.45, 7) is 0. The van der Waals surface area contributed by atoms with Crippen LogP contribution in [0.2, 0.25) is 0 Å². The Labute approximate surface area is 91.3 Å². The lowest BCUT2D eigenvalue weighted by Gasteiger charge is -2.13. The first-order valence-corrected chi connectivity index (χ1v) is 5.32. The van der Waals surface area contributed by atoms with Crippen LogP contribution in [-0.4, -0.2) is 17.3 Å². The zero-order chi connectivity index (χ0) is 9.97. The van der Waals surface area contributed by atoms with E-state index < -0.39 is 0 Å². The Bertz CT molecular complexity index is 349. The summed E-state index contributed by atoms with van der Waals surface area (Å²) in [5.74, 6) is 0.816. The Morgan fingerprint density at radius 1 is 1.29 bits per heavy atom. The Balaban J connectivity index is 2.05. The van der Waals surface area contributed by atoms with E-state index in [9.17, 15) is 5.11 Å². The van der Waals surface area contributed by atoms with Gasteiger partial charge < -0.3 is 9.84 Å². The molecule has 14 heavy (non-hydrogen) atoms. The zero-order valence-corrected chi connectivity index (χ0v) is 9.15. The normalized spacial score (nSPS) is 25.3. The highest BCUT2D eigenvalue weighted by molar-refractivity contribution is 9.10. The third-order valence-corrected chi connectivity index (χ3v) is 2.79. The predicted octanol–water partition coefficient (Wildman–Crippen LogP) is 2.52. The van der Waals surface area contributed by atoms with E-state index in [1.54, 1.807) is 6.08 Å². The number of benzene rings is 1. The summed E-state index contributed by atoms with van der Waals surface area (Å²) < 4.78 is 6.62. The number of rotatable bonds is 2. The van der Waals surface area contributed by atoms with Gasteiger partial charge in [-0.25, -0.2) is 0 Å². The molecule has 0 aliphatic heterocycles. The molecule has 2 unspecified atom stereocenters. The molecule has 0 radical (unpaired) electrons. The molecule has 0 spiro atoms. The molecule has 0 saturated heterocycles. The van der Waals surface area contributed by atoms with Crippen LogP contribution >= 0.6 is 15.9 Å². The van der Waals surface area contributed by atoms with Crippen molar-refractivity contribution in [1.29, 1.82) is 0 Å². The van der Waals surface area contributed by atoms with E-state index in [0.29, 0.717) is 6.42 Å². The molecule has 1 N–H and O–H groups in total. The molecule has 0 aromatic heterocycles. The van der Waals surface area contributed by atoms with E-state index in [-0.39, 0.29) is 12.2 Å². The van der Waals surface area contributed by atoms with Crippen molar-refractivity contribution in [3.05, 3.63) is 40.9 Å². The molecule has 2 atom stereocenters. The van der Waals surface area contributed by atoms with Crippen LogP contribution in [0.1, 0.15) is 6.42 Å². The summed E-state index contributed by atoms with van der Waals surface area (Å²) in [7, 11) is 0. The van der Waals surface area contributed by atoms with Crippen LogP contribution in [0.25, 0.3) is 0 Å². The number of aliphatic hydroxyl groups excluding tert-OH is 1. The molecule has 0 fully saturated rings. The molecular formula is C11H11BrO2. The van der Waals surface area contributed by atoms with E-state index in [2.05, 4.69) is 15.9 Å². The highest BCUT2D eigenvalue weighted by Crippen LogP contribution is 2.27. The zero-order valence-electron chi connectivity index (χ0n) is 7.56. The van der Waals surface area contributed by atoms with Gasteiger partial charge in [0.1, 0.15) is 11.9 Å². The van der Waals surface area contributed by atoms with Gasteiger partial charge in [0, 0.05) is 6.42 Å². The van der Waals surface area contributed by atoms with E-state index in [1.807, 2.05) is 30.3 Å². The monoisotopic (exact) mass is 254 g/mol. The fraction of sp³-hybridized carbons (Fsp3) is 0.273. The third kappa shape index (κ3) is 2.16.